The minimum absolute atomic E-state index is 0.0387. The van der Waals surface area contributed by atoms with Crippen LogP contribution in [0.25, 0.3) is 0 Å². The highest BCUT2D eigenvalue weighted by Crippen LogP contribution is 2.23. The van der Waals surface area contributed by atoms with E-state index in [1.165, 1.54) is 4.90 Å². The fourth-order valence-corrected chi connectivity index (χ4v) is 2.44. The molecule has 1 aliphatic heterocycles. The summed E-state index contributed by atoms with van der Waals surface area (Å²) >= 11 is 0. The van der Waals surface area contributed by atoms with Crippen molar-refractivity contribution in [1.82, 2.24) is 10.2 Å². The van der Waals surface area contributed by atoms with Crippen molar-refractivity contribution in [2.45, 2.75) is 13.5 Å². The number of carbonyl (C=O) groups is 2. The maximum atomic E-state index is 12.0. The normalized spacial score (nSPS) is 20.9. The molecule has 0 saturated carbocycles. The highest BCUT2D eigenvalue weighted by molar-refractivity contribution is 5.77. The molecular formula is C15H17N3O3. The quantitative estimate of drug-likeness (QED) is 0.879. The molecule has 1 heterocycles. The van der Waals surface area contributed by atoms with Crippen molar-refractivity contribution < 1.29 is 14.7 Å². The average Bonchev–Trinajstić information content (AvgIpc) is 2.87. The molecule has 0 bridgehead atoms. The van der Waals surface area contributed by atoms with E-state index in [0.717, 1.165) is 5.56 Å². The van der Waals surface area contributed by atoms with Crippen molar-refractivity contribution in [3.05, 3.63) is 35.4 Å². The van der Waals surface area contributed by atoms with Crippen LogP contribution in [0, 0.1) is 23.2 Å². The minimum atomic E-state index is -0.857. The summed E-state index contributed by atoms with van der Waals surface area (Å²) in [6.45, 7) is 2.89. The first-order valence-corrected chi connectivity index (χ1v) is 6.76. The van der Waals surface area contributed by atoms with Crippen LogP contribution in [0.1, 0.15) is 18.1 Å². The molecule has 6 heteroatoms. The Kier molecular flexibility index (Phi) is 4.43. The number of hydrogen-bond donors (Lipinski definition) is 2. The predicted molar refractivity (Wildman–Crippen MR) is 75.3 cm³/mol. The van der Waals surface area contributed by atoms with E-state index in [1.54, 1.807) is 24.3 Å². The molecule has 6 nitrogen and oxygen atoms in total. The highest BCUT2D eigenvalue weighted by atomic mass is 16.4. The molecule has 0 spiro atoms. The van der Waals surface area contributed by atoms with E-state index < -0.39 is 11.9 Å². The zero-order chi connectivity index (χ0) is 15.4. The Morgan fingerprint density at radius 3 is 2.57 bits per heavy atom. The van der Waals surface area contributed by atoms with Crippen molar-refractivity contribution in [2.75, 3.05) is 13.1 Å². The number of amides is 2. The van der Waals surface area contributed by atoms with Crippen molar-refractivity contribution in [3.8, 4) is 6.07 Å². The summed E-state index contributed by atoms with van der Waals surface area (Å²) in [5, 5.41) is 20.5. The molecule has 110 valence electrons. The van der Waals surface area contributed by atoms with Crippen molar-refractivity contribution >= 4 is 12.0 Å². The molecule has 2 atom stereocenters. The van der Waals surface area contributed by atoms with Crippen LogP contribution in [0.3, 0.4) is 0 Å². The zero-order valence-electron chi connectivity index (χ0n) is 11.7. The topological polar surface area (TPSA) is 93.4 Å². The summed E-state index contributed by atoms with van der Waals surface area (Å²) in [5.41, 5.74) is 1.46. The Hall–Kier alpha value is -2.55. The van der Waals surface area contributed by atoms with Crippen molar-refractivity contribution in [2.24, 2.45) is 11.8 Å². The van der Waals surface area contributed by atoms with Gasteiger partial charge in [0, 0.05) is 19.6 Å². The number of carboxylic acid groups (broad SMARTS) is 1. The third kappa shape index (κ3) is 3.51. The van der Waals surface area contributed by atoms with Gasteiger partial charge in [0.25, 0.3) is 0 Å². The molecule has 1 aromatic carbocycles. The number of carboxylic acids is 1. The number of urea groups is 1. The van der Waals surface area contributed by atoms with Gasteiger partial charge in [-0.1, -0.05) is 19.1 Å². The summed E-state index contributed by atoms with van der Waals surface area (Å²) < 4.78 is 0. The first kappa shape index (κ1) is 14.9. The Labute approximate surface area is 123 Å². The van der Waals surface area contributed by atoms with Crippen molar-refractivity contribution in [3.63, 3.8) is 0 Å². The lowest BCUT2D eigenvalue weighted by Gasteiger charge is -2.16. The standard InChI is InChI=1S/C15H17N3O3/c1-10-8-18(9-13(10)14(19)20)15(21)17-7-12-4-2-11(6-16)3-5-12/h2-5,10,13H,7-9H2,1H3,(H,17,21)(H,19,20). The zero-order valence-corrected chi connectivity index (χ0v) is 11.7. The second kappa shape index (κ2) is 6.27. The molecule has 2 unspecified atom stereocenters. The molecule has 1 fully saturated rings. The summed E-state index contributed by atoms with van der Waals surface area (Å²) in [5.74, 6) is -1.39. The number of rotatable bonds is 3. The maximum absolute atomic E-state index is 12.0. The van der Waals surface area contributed by atoms with E-state index in [2.05, 4.69) is 5.32 Å². The summed E-state index contributed by atoms with van der Waals surface area (Å²) in [6, 6.07) is 8.73. The molecule has 2 N–H and O–H groups in total. The van der Waals surface area contributed by atoms with Crippen molar-refractivity contribution in [1.29, 1.82) is 5.26 Å². The number of nitrogens with one attached hydrogen (secondary N) is 1. The number of aliphatic carboxylic acids is 1. The smallest absolute Gasteiger partial charge is 0.317 e. The second-order valence-corrected chi connectivity index (χ2v) is 5.29. The lowest BCUT2D eigenvalue weighted by atomic mass is 9.99. The van der Waals surface area contributed by atoms with Crippen LogP contribution in [0.4, 0.5) is 4.79 Å². The van der Waals surface area contributed by atoms with Crippen LogP contribution in [-0.2, 0) is 11.3 Å². The van der Waals surface area contributed by atoms with Gasteiger partial charge in [-0.25, -0.2) is 4.79 Å². The number of nitrogens with zero attached hydrogens (tertiary/aromatic N) is 2. The summed E-state index contributed by atoms with van der Waals surface area (Å²) in [6.07, 6.45) is 0. The maximum Gasteiger partial charge on any atom is 0.317 e. The first-order valence-electron chi connectivity index (χ1n) is 6.76. The third-order valence-electron chi connectivity index (χ3n) is 3.74. The number of carbonyl (C=O) groups excluding carboxylic acids is 1. The van der Waals surface area contributed by atoms with E-state index in [9.17, 15) is 9.59 Å². The van der Waals surface area contributed by atoms with Gasteiger partial charge in [0.15, 0.2) is 0 Å². The van der Waals surface area contributed by atoms with Crippen LogP contribution in [-0.4, -0.2) is 35.1 Å². The summed E-state index contributed by atoms with van der Waals surface area (Å²) in [4.78, 5) is 24.6. The number of hydrogen-bond acceptors (Lipinski definition) is 3. The van der Waals surface area contributed by atoms with Gasteiger partial charge in [-0.05, 0) is 23.6 Å². The van der Waals surface area contributed by atoms with Gasteiger partial charge in [-0.3, -0.25) is 4.79 Å². The molecule has 0 aromatic heterocycles. The van der Waals surface area contributed by atoms with Crippen LogP contribution >= 0.6 is 0 Å². The van der Waals surface area contributed by atoms with Gasteiger partial charge in [0.05, 0.1) is 17.6 Å². The molecule has 2 amide bonds. The summed E-state index contributed by atoms with van der Waals surface area (Å²) in [7, 11) is 0. The van der Waals surface area contributed by atoms with Gasteiger partial charge in [0.1, 0.15) is 0 Å². The fraction of sp³-hybridized carbons (Fsp3) is 0.400. The first-order chi connectivity index (χ1) is 10.0. The Morgan fingerprint density at radius 2 is 2.05 bits per heavy atom. The predicted octanol–water partition coefficient (Wildman–Crippen LogP) is 1.42. The van der Waals surface area contributed by atoms with Crippen LogP contribution < -0.4 is 5.32 Å². The molecule has 21 heavy (non-hydrogen) atoms. The minimum Gasteiger partial charge on any atom is -0.481 e. The van der Waals surface area contributed by atoms with Crippen LogP contribution in [0.15, 0.2) is 24.3 Å². The monoisotopic (exact) mass is 287 g/mol. The molecule has 0 aliphatic carbocycles. The lowest BCUT2D eigenvalue weighted by Crippen LogP contribution is -2.38. The fourth-order valence-electron chi connectivity index (χ4n) is 2.44. The average molecular weight is 287 g/mol. The van der Waals surface area contributed by atoms with Gasteiger partial charge < -0.3 is 15.3 Å². The molecule has 1 aliphatic rings. The van der Waals surface area contributed by atoms with Gasteiger partial charge in [-0.2, -0.15) is 5.26 Å². The Morgan fingerprint density at radius 1 is 1.38 bits per heavy atom. The number of nitriles is 1. The highest BCUT2D eigenvalue weighted by Gasteiger charge is 2.36. The largest absolute Gasteiger partial charge is 0.481 e. The van der Waals surface area contributed by atoms with E-state index in [1.807, 2.05) is 13.0 Å². The Balaban J connectivity index is 1.87. The number of benzene rings is 1. The van der Waals surface area contributed by atoms with E-state index in [0.29, 0.717) is 18.7 Å². The van der Waals surface area contributed by atoms with Crippen LogP contribution in [0.2, 0.25) is 0 Å². The SMILES string of the molecule is CC1CN(C(=O)NCc2ccc(C#N)cc2)CC1C(=O)O. The third-order valence-corrected chi connectivity index (χ3v) is 3.74. The van der Waals surface area contributed by atoms with E-state index in [-0.39, 0.29) is 18.5 Å². The second-order valence-electron chi connectivity index (χ2n) is 5.29. The molecule has 2 rings (SSSR count). The lowest BCUT2D eigenvalue weighted by molar-refractivity contribution is -0.142. The van der Waals surface area contributed by atoms with Gasteiger partial charge >= 0.3 is 12.0 Å². The molecule has 1 saturated heterocycles. The van der Waals surface area contributed by atoms with E-state index in [4.69, 9.17) is 10.4 Å². The van der Waals surface area contributed by atoms with Gasteiger partial charge in [0.2, 0.25) is 0 Å². The molecule has 1 aromatic rings. The number of likely N-dealkylation sites (tertiary alicyclic amines) is 1. The molecule has 0 radical (unpaired) electrons. The molecular weight excluding hydrogens is 270 g/mol. The van der Waals surface area contributed by atoms with Crippen LogP contribution in [0.5, 0.6) is 0 Å². The Bertz CT molecular complexity index is 577. The van der Waals surface area contributed by atoms with Gasteiger partial charge in [-0.15, -0.1) is 0 Å². The van der Waals surface area contributed by atoms with E-state index >= 15 is 0 Å².